The first-order valence-electron chi connectivity index (χ1n) is 10.4. The third kappa shape index (κ3) is 8.11. The van der Waals surface area contributed by atoms with Gasteiger partial charge in [-0.25, -0.2) is 0 Å². The average molecular weight is 425 g/mol. The smallest absolute Gasteiger partial charge is 0.305 e. The molecule has 0 amide bonds. The van der Waals surface area contributed by atoms with E-state index in [4.69, 9.17) is 18.6 Å². The Balaban J connectivity index is 2.89. The van der Waals surface area contributed by atoms with Crippen LogP contribution in [0.15, 0.2) is 24.3 Å². The molecule has 166 valence electrons. The van der Waals surface area contributed by atoms with Crippen LogP contribution >= 0.6 is 0 Å². The summed E-state index contributed by atoms with van der Waals surface area (Å²) in [5.74, 6) is 0.794. The summed E-state index contributed by atoms with van der Waals surface area (Å²) in [6.45, 7) is 15.9. The number of methoxy groups -OCH3 is 2. The quantitative estimate of drug-likeness (QED) is 0.343. The third-order valence-electron chi connectivity index (χ3n) is 5.94. The van der Waals surface area contributed by atoms with E-state index in [0.29, 0.717) is 19.4 Å². The highest BCUT2D eigenvalue weighted by atomic mass is 28.4. The zero-order valence-corrected chi connectivity index (χ0v) is 20.7. The number of carbonyl (C=O) groups excluding carboxylic acids is 1. The van der Waals surface area contributed by atoms with E-state index in [1.165, 1.54) is 7.11 Å². The Bertz CT molecular complexity index is 621. The molecule has 0 aliphatic rings. The van der Waals surface area contributed by atoms with E-state index in [9.17, 15) is 4.79 Å². The first kappa shape index (κ1) is 25.7. The van der Waals surface area contributed by atoms with Crippen molar-refractivity contribution in [3.63, 3.8) is 0 Å². The van der Waals surface area contributed by atoms with Crippen molar-refractivity contribution in [1.29, 1.82) is 0 Å². The Morgan fingerprint density at radius 2 is 1.66 bits per heavy atom. The summed E-state index contributed by atoms with van der Waals surface area (Å²) in [6.07, 6.45) is 0.899. The number of esters is 1. The first-order chi connectivity index (χ1) is 13.4. The lowest BCUT2D eigenvalue weighted by Crippen LogP contribution is -2.48. The number of hydrogen-bond acceptors (Lipinski definition) is 5. The van der Waals surface area contributed by atoms with Crippen LogP contribution in [0.4, 0.5) is 0 Å². The Labute approximate surface area is 178 Å². The van der Waals surface area contributed by atoms with Crippen molar-refractivity contribution < 1.29 is 23.4 Å². The highest BCUT2D eigenvalue weighted by Gasteiger charge is 2.40. The second-order valence-corrected chi connectivity index (χ2v) is 14.1. The maximum Gasteiger partial charge on any atom is 0.305 e. The van der Waals surface area contributed by atoms with Crippen molar-refractivity contribution in [2.24, 2.45) is 5.92 Å². The van der Waals surface area contributed by atoms with Gasteiger partial charge in [-0.2, -0.15) is 0 Å². The van der Waals surface area contributed by atoms with E-state index in [1.54, 1.807) is 7.11 Å². The molecule has 0 radical (unpaired) electrons. The summed E-state index contributed by atoms with van der Waals surface area (Å²) in [7, 11) is 1.14. The zero-order chi connectivity index (χ0) is 22.2. The standard InChI is InChI=1S/C23H40O5Si/c1-17(10-15-21(24)26-7)22(18(2)28-29(8,9)23(3,4)5)27-16-19-11-13-20(25-6)14-12-19/h11-14,17-18,22H,10,15-16H2,1-9H3/t17-,18-,22-/m0/s1. The van der Waals surface area contributed by atoms with E-state index in [1.807, 2.05) is 24.3 Å². The first-order valence-corrected chi connectivity index (χ1v) is 13.3. The van der Waals surface area contributed by atoms with Crippen molar-refractivity contribution in [2.45, 2.75) is 84.4 Å². The molecular formula is C23H40O5Si. The molecule has 0 heterocycles. The SMILES string of the molecule is COC(=O)CC[C@H](C)[C@H](OCc1ccc(OC)cc1)[C@H](C)O[Si](C)(C)C(C)(C)C. The van der Waals surface area contributed by atoms with Crippen LogP contribution < -0.4 is 4.74 Å². The molecule has 0 unspecified atom stereocenters. The second kappa shape index (κ2) is 11.1. The Kier molecular flexibility index (Phi) is 9.85. The van der Waals surface area contributed by atoms with Crippen molar-refractivity contribution in [3.8, 4) is 5.75 Å². The molecule has 5 nitrogen and oxygen atoms in total. The molecule has 0 saturated heterocycles. The molecule has 6 heteroatoms. The molecule has 0 N–H and O–H groups in total. The third-order valence-corrected chi connectivity index (χ3v) is 10.5. The zero-order valence-electron chi connectivity index (χ0n) is 19.7. The molecule has 0 spiro atoms. The van der Waals surface area contributed by atoms with Gasteiger partial charge in [-0.3, -0.25) is 4.79 Å². The number of ether oxygens (including phenoxy) is 3. The molecule has 1 aromatic carbocycles. The minimum absolute atomic E-state index is 0.0678. The van der Waals surface area contributed by atoms with E-state index in [-0.39, 0.29) is 29.1 Å². The minimum Gasteiger partial charge on any atom is -0.497 e. The maximum absolute atomic E-state index is 11.6. The molecule has 0 fully saturated rings. The van der Waals surface area contributed by atoms with Crippen LogP contribution in [0, 0.1) is 5.92 Å². The molecule has 0 aliphatic heterocycles. The number of hydrogen-bond donors (Lipinski definition) is 0. The second-order valence-electron chi connectivity index (χ2n) is 9.30. The van der Waals surface area contributed by atoms with E-state index in [0.717, 1.165) is 11.3 Å². The lowest BCUT2D eigenvalue weighted by Gasteiger charge is -2.41. The number of benzene rings is 1. The van der Waals surface area contributed by atoms with Gasteiger partial charge in [0.15, 0.2) is 8.32 Å². The van der Waals surface area contributed by atoms with Crippen LogP contribution in [0.2, 0.25) is 18.1 Å². The Hall–Kier alpha value is -1.37. The van der Waals surface area contributed by atoms with Crippen LogP contribution in [0.1, 0.15) is 53.0 Å². The fraction of sp³-hybridized carbons (Fsp3) is 0.696. The largest absolute Gasteiger partial charge is 0.497 e. The van der Waals surface area contributed by atoms with Gasteiger partial charge in [-0.1, -0.05) is 39.8 Å². The summed E-state index contributed by atoms with van der Waals surface area (Å²) < 4.78 is 23.0. The monoisotopic (exact) mass is 424 g/mol. The predicted octanol–water partition coefficient (Wildman–Crippen LogP) is 5.58. The van der Waals surface area contributed by atoms with Crippen LogP contribution in [0.3, 0.4) is 0 Å². The summed E-state index contributed by atoms with van der Waals surface area (Å²) in [4.78, 5) is 11.6. The van der Waals surface area contributed by atoms with E-state index >= 15 is 0 Å². The number of rotatable bonds is 11. The summed E-state index contributed by atoms with van der Waals surface area (Å²) in [5.41, 5.74) is 1.08. The highest BCUT2D eigenvalue weighted by molar-refractivity contribution is 6.74. The van der Waals surface area contributed by atoms with Crippen LogP contribution in [-0.4, -0.2) is 40.7 Å². The van der Waals surface area contributed by atoms with Crippen LogP contribution in [0.25, 0.3) is 0 Å². The molecule has 29 heavy (non-hydrogen) atoms. The molecule has 0 saturated carbocycles. The van der Waals surface area contributed by atoms with Crippen LogP contribution in [-0.2, 0) is 25.3 Å². The van der Waals surface area contributed by atoms with Gasteiger partial charge in [-0.05, 0) is 55.1 Å². The van der Waals surface area contributed by atoms with Crippen molar-refractivity contribution >= 4 is 14.3 Å². The van der Waals surface area contributed by atoms with Gasteiger partial charge in [0.25, 0.3) is 0 Å². The van der Waals surface area contributed by atoms with Crippen molar-refractivity contribution in [2.75, 3.05) is 14.2 Å². The lowest BCUT2D eigenvalue weighted by atomic mass is 9.95. The predicted molar refractivity (Wildman–Crippen MR) is 120 cm³/mol. The van der Waals surface area contributed by atoms with Gasteiger partial charge in [-0.15, -0.1) is 0 Å². The van der Waals surface area contributed by atoms with E-state index < -0.39 is 8.32 Å². The fourth-order valence-corrected chi connectivity index (χ4v) is 4.41. The van der Waals surface area contributed by atoms with Gasteiger partial charge in [0.1, 0.15) is 5.75 Å². The molecule has 0 bridgehead atoms. The van der Waals surface area contributed by atoms with Crippen LogP contribution in [0.5, 0.6) is 5.75 Å². The van der Waals surface area contributed by atoms with Crippen molar-refractivity contribution in [3.05, 3.63) is 29.8 Å². The molecule has 1 rings (SSSR count). The van der Waals surface area contributed by atoms with Gasteiger partial charge in [0, 0.05) is 6.42 Å². The highest BCUT2D eigenvalue weighted by Crippen LogP contribution is 2.38. The summed E-state index contributed by atoms with van der Waals surface area (Å²) in [6, 6.07) is 7.89. The van der Waals surface area contributed by atoms with Gasteiger partial charge in [0.2, 0.25) is 0 Å². The van der Waals surface area contributed by atoms with Crippen molar-refractivity contribution in [1.82, 2.24) is 0 Å². The Morgan fingerprint density at radius 1 is 1.07 bits per heavy atom. The minimum atomic E-state index is -1.94. The summed E-state index contributed by atoms with van der Waals surface area (Å²) >= 11 is 0. The average Bonchev–Trinajstić information content (AvgIpc) is 2.65. The van der Waals surface area contributed by atoms with E-state index in [2.05, 4.69) is 47.7 Å². The molecule has 0 aliphatic carbocycles. The van der Waals surface area contributed by atoms with Gasteiger partial charge < -0.3 is 18.6 Å². The fourth-order valence-electron chi connectivity index (χ4n) is 3.00. The molecular weight excluding hydrogens is 384 g/mol. The van der Waals surface area contributed by atoms with Gasteiger partial charge in [0.05, 0.1) is 33.0 Å². The Morgan fingerprint density at radius 3 is 2.14 bits per heavy atom. The molecule has 1 aromatic rings. The number of carbonyl (C=O) groups is 1. The molecule has 3 atom stereocenters. The van der Waals surface area contributed by atoms with Gasteiger partial charge >= 0.3 is 5.97 Å². The maximum atomic E-state index is 11.6. The summed E-state index contributed by atoms with van der Waals surface area (Å²) in [5, 5.41) is 0.122. The topological polar surface area (TPSA) is 54.0 Å². The lowest BCUT2D eigenvalue weighted by molar-refractivity contribution is -0.141. The molecule has 0 aromatic heterocycles. The normalized spacial score (nSPS) is 15.5.